The second-order valence-electron chi connectivity index (χ2n) is 5.81. The number of anilines is 1. The summed E-state index contributed by atoms with van der Waals surface area (Å²) in [4.78, 5) is 9.33. The zero-order valence-corrected chi connectivity index (χ0v) is 15.1. The lowest BCUT2D eigenvalue weighted by Crippen LogP contribution is -2.47. The van der Waals surface area contributed by atoms with Crippen molar-refractivity contribution in [2.45, 2.75) is 34.2 Å². The summed E-state index contributed by atoms with van der Waals surface area (Å²) >= 11 is 0. The van der Waals surface area contributed by atoms with Crippen LogP contribution in [0.3, 0.4) is 0 Å². The summed E-state index contributed by atoms with van der Waals surface area (Å²) in [5, 5.41) is 8.53. The van der Waals surface area contributed by atoms with Gasteiger partial charge in [0.1, 0.15) is 0 Å². The molecule has 5 nitrogen and oxygen atoms in total. The first kappa shape index (κ1) is 17.5. The predicted molar refractivity (Wildman–Crippen MR) is 97.1 cm³/mol. The van der Waals surface area contributed by atoms with Crippen molar-refractivity contribution >= 4 is 16.9 Å². The molecule has 23 heavy (non-hydrogen) atoms. The lowest BCUT2D eigenvalue weighted by molar-refractivity contribution is 0.311. The molecule has 1 saturated heterocycles. The number of benzene rings is 1. The topological polar surface area (TPSA) is 48.2 Å². The van der Waals surface area contributed by atoms with Gasteiger partial charge in [0.2, 0.25) is 0 Å². The van der Waals surface area contributed by atoms with Gasteiger partial charge in [-0.15, -0.1) is 0 Å². The van der Waals surface area contributed by atoms with Crippen molar-refractivity contribution in [3.8, 4) is 0 Å². The van der Waals surface area contributed by atoms with Crippen molar-refractivity contribution in [1.29, 1.82) is 5.41 Å². The maximum atomic E-state index is 8.53. The van der Waals surface area contributed by atoms with E-state index in [4.69, 9.17) is 10.4 Å². The van der Waals surface area contributed by atoms with Crippen molar-refractivity contribution in [3.63, 3.8) is 0 Å². The Labute approximate surface area is 139 Å². The first-order valence-electron chi connectivity index (χ1n) is 8.59. The first-order valence-corrected chi connectivity index (χ1v) is 8.59. The normalized spacial score (nSPS) is 15.4. The highest BCUT2D eigenvalue weighted by Crippen LogP contribution is 2.17. The van der Waals surface area contributed by atoms with E-state index in [9.17, 15) is 0 Å². The molecular formula is C18H29N5. The summed E-state index contributed by atoms with van der Waals surface area (Å²) < 4.78 is 2.06. The Morgan fingerprint density at radius 2 is 1.78 bits per heavy atom. The highest BCUT2D eigenvalue weighted by atomic mass is 15.3. The lowest BCUT2D eigenvalue weighted by atomic mass is 10.2. The predicted octanol–water partition coefficient (Wildman–Crippen LogP) is 2.62. The van der Waals surface area contributed by atoms with Crippen molar-refractivity contribution in [2.75, 3.05) is 38.1 Å². The molecule has 0 saturated carbocycles. The second-order valence-corrected chi connectivity index (χ2v) is 5.81. The number of aryl methyl sites for hydroxylation is 2. The van der Waals surface area contributed by atoms with E-state index in [-0.39, 0.29) is 0 Å². The van der Waals surface area contributed by atoms with Gasteiger partial charge in [0.05, 0.1) is 11.0 Å². The quantitative estimate of drug-likeness (QED) is 0.927. The Morgan fingerprint density at radius 3 is 2.39 bits per heavy atom. The Morgan fingerprint density at radius 1 is 1.13 bits per heavy atom. The SMILES string of the molecule is CC.CCn1c(=N)c(N2CCN(C)CC2)nc2ccc(C)cc21. The maximum absolute atomic E-state index is 8.53. The van der Waals surface area contributed by atoms with Crippen molar-refractivity contribution in [3.05, 3.63) is 29.3 Å². The van der Waals surface area contributed by atoms with Gasteiger partial charge in [0.25, 0.3) is 0 Å². The minimum Gasteiger partial charge on any atom is -0.351 e. The van der Waals surface area contributed by atoms with Crippen LogP contribution in [0.4, 0.5) is 5.82 Å². The zero-order valence-electron chi connectivity index (χ0n) is 15.1. The standard InChI is InChI=1S/C16H23N5.C2H6/c1-4-21-14-11-12(2)5-6-13(14)18-16(15(21)17)20-9-7-19(3)8-10-20;1-2/h5-6,11,17H,4,7-10H2,1-3H3;1-2H3. The van der Waals surface area contributed by atoms with Gasteiger partial charge in [-0.2, -0.15) is 0 Å². The Hall–Kier alpha value is -1.88. The van der Waals surface area contributed by atoms with Crippen LogP contribution < -0.4 is 10.4 Å². The smallest absolute Gasteiger partial charge is 0.172 e. The highest BCUT2D eigenvalue weighted by molar-refractivity contribution is 5.77. The lowest BCUT2D eigenvalue weighted by Gasteiger charge is -2.33. The third-order valence-corrected chi connectivity index (χ3v) is 4.25. The van der Waals surface area contributed by atoms with E-state index in [1.807, 2.05) is 13.8 Å². The molecule has 0 spiro atoms. The van der Waals surface area contributed by atoms with Crippen LogP contribution in [0.15, 0.2) is 18.2 Å². The number of hydrogen-bond donors (Lipinski definition) is 1. The summed E-state index contributed by atoms with van der Waals surface area (Å²) in [5.74, 6) is 0.821. The second kappa shape index (κ2) is 7.59. The molecule has 1 fully saturated rings. The van der Waals surface area contributed by atoms with E-state index in [0.717, 1.165) is 49.6 Å². The van der Waals surface area contributed by atoms with Gasteiger partial charge in [-0.25, -0.2) is 4.98 Å². The molecule has 5 heteroatoms. The molecule has 0 amide bonds. The summed E-state index contributed by atoms with van der Waals surface area (Å²) in [7, 11) is 2.14. The van der Waals surface area contributed by atoms with Crippen LogP contribution in [0.2, 0.25) is 0 Å². The molecule has 0 radical (unpaired) electrons. The number of nitrogens with zero attached hydrogens (tertiary/aromatic N) is 4. The van der Waals surface area contributed by atoms with Gasteiger partial charge < -0.3 is 14.4 Å². The molecule has 1 N–H and O–H groups in total. The third-order valence-electron chi connectivity index (χ3n) is 4.25. The summed E-state index contributed by atoms with van der Waals surface area (Å²) in [6, 6.07) is 6.28. The molecule has 2 aromatic rings. The third kappa shape index (κ3) is 3.55. The monoisotopic (exact) mass is 315 g/mol. The Bertz CT molecular complexity index is 711. The fraction of sp³-hybridized carbons (Fsp3) is 0.556. The number of fused-ring (bicyclic) bond motifs is 1. The van der Waals surface area contributed by atoms with Crippen LogP contribution in [0.5, 0.6) is 0 Å². The van der Waals surface area contributed by atoms with Gasteiger partial charge in [-0.1, -0.05) is 19.9 Å². The molecule has 126 valence electrons. The average Bonchev–Trinajstić information content (AvgIpc) is 2.57. The van der Waals surface area contributed by atoms with E-state index in [0.29, 0.717) is 5.49 Å². The Balaban J connectivity index is 0.000000924. The number of likely N-dealkylation sites (N-methyl/N-ethyl adjacent to an activating group) is 1. The fourth-order valence-electron chi connectivity index (χ4n) is 2.92. The van der Waals surface area contributed by atoms with Crippen molar-refractivity contribution in [1.82, 2.24) is 14.5 Å². The molecule has 1 aromatic carbocycles. The molecule has 0 atom stereocenters. The van der Waals surface area contributed by atoms with E-state index < -0.39 is 0 Å². The Kier molecular flexibility index (Phi) is 5.77. The molecule has 0 aliphatic carbocycles. The van der Waals surface area contributed by atoms with E-state index in [2.05, 4.69) is 53.5 Å². The van der Waals surface area contributed by atoms with Crippen molar-refractivity contribution in [2.24, 2.45) is 0 Å². The highest BCUT2D eigenvalue weighted by Gasteiger charge is 2.18. The van der Waals surface area contributed by atoms with Gasteiger partial charge in [-0.05, 0) is 38.6 Å². The summed E-state index contributed by atoms with van der Waals surface area (Å²) in [5.41, 5.74) is 3.77. The molecule has 0 bridgehead atoms. The minimum absolute atomic E-state index is 0.528. The minimum atomic E-state index is 0.528. The van der Waals surface area contributed by atoms with Crippen LogP contribution in [-0.2, 0) is 6.54 Å². The van der Waals surface area contributed by atoms with Crippen LogP contribution in [0, 0.1) is 12.3 Å². The van der Waals surface area contributed by atoms with Crippen LogP contribution in [0.1, 0.15) is 26.3 Å². The van der Waals surface area contributed by atoms with Gasteiger partial charge in [0.15, 0.2) is 11.3 Å². The van der Waals surface area contributed by atoms with E-state index >= 15 is 0 Å². The van der Waals surface area contributed by atoms with Crippen LogP contribution in [0.25, 0.3) is 11.0 Å². The average molecular weight is 315 g/mol. The first-order chi connectivity index (χ1) is 11.1. The molecule has 1 aliphatic rings. The van der Waals surface area contributed by atoms with Crippen LogP contribution >= 0.6 is 0 Å². The molecule has 1 aliphatic heterocycles. The largest absolute Gasteiger partial charge is 0.351 e. The molecule has 1 aromatic heterocycles. The van der Waals surface area contributed by atoms with Crippen molar-refractivity contribution < 1.29 is 0 Å². The number of nitrogens with one attached hydrogen (secondary N) is 1. The van der Waals surface area contributed by atoms with Crippen LogP contribution in [-0.4, -0.2) is 47.7 Å². The fourth-order valence-corrected chi connectivity index (χ4v) is 2.92. The van der Waals surface area contributed by atoms with E-state index in [1.54, 1.807) is 0 Å². The maximum Gasteiger partial charge on any atom is 0.172 e. The molecule has 0 unspecified atom stereocenters. The van der Waals surface area contributed by atoms with Gasteiger partial charge in [0, 0.05) is 32.7 Å². The zero-order chi connectivity index (χ0) is 17.0. The summed E-state index contributed by atoms with van der Waals surface area (Å²) in [6.45, 7) is 12.9. The summed E-state index contributed by atoms with van der Waals surface area (Å²) in [6.07, 6.45) is 0. The molecular weight excluding hydrogens is 286 g/mol. The van der Waals surface area contributed by atoms with E-state index in [1.165, 1.54) is 5.56 Å². The van der Waals surface area contributed by atoms with Gasteiger partial charge >= 0.3 is 0 Å². The number of piperazine rings is 1. The number of aromatic nitrogens is 2. The molecule has 2 heterocycles. The number of hydrogen-bond acceptors (Lipinski definition) is 4. The molecule has 3 rings (SSSR count). The number of rotatable bonds is 2. The van der Waals surface area contributed by atoms with Gasteiger partial charge in [-0.3, -0.25) is 5.41 Å².